The van der Waals surface area contributed by atoms with E-state index in [0.29, 0.717) is 5.56 Å². The van der Waals surface area contributed by atoms with Crippen LogP contribution in [0.5, 0.6) is 0 Å². The number of amides is 1. The Bertz CT molecular complexity index is 677. The van der Waals surface area contributed by atoms with Crippen LogP contribution in [0.4, 0.5) is 5.69 Å². The standard InChI is InChI=1S/C16H15NO3/c1-10-5-3-8-14(11(10)2)17-15(18)12-6-4-7-13(9-12)16(19)20/h3-9H,1-2H3,(H,17,18)(H,19,20). The molecule has 0 heterocycles. The summed E-state index contributed by atoms with van der Waals surface area (Å²) in [5, 5.41) is 11.7. The second kappa shape index (κ2) is 5.57. The average Bonchev–Trinajstić information content (AvgIpc) is 2.44. The molecule has 0 aliphatic rings. The SMILES string of the molecule is Cc1cccc(NC(=O)c2cccc(C(=O)O)c2)c1C. The normalized spacial score (nSPS) is 10.1. The molecule has 0 fully saturated rings. The molecule has 0 bridgehead atoms. The number of carbonyl (C=O) groups excluding carboxylic acids is 1. The highest BCUT2D eigenvalue weighted by Crippen LogP contribution is 2.19. The van der Waals surface area contributed by atoms with Gasteiger partial charge in [0.05, 0.1) is 5.56 Å². The molecule has 2 aromatic carbocycles. The second-order valence-corrected chi connectivity index (χ2v) is 4.59. The summed E-state index contributed by atoms with van der Waals surface area (Å²) in [6.07, 6.45) is 0. The molecule has 0 unspecified atom stereocenters. The summed E-state index contributed by atoms with van der Waals surface area (Å²) in [5.74, 6) is -1.37. The molecule has 4 heteroatoms. The number of benzene rings is 2. The molecule has 0 aliphatic carbocycles. The van der Waals surface area contributed by atoms with Crippen LogP contribution in [0.2, 0.25) is 0 Å². The molecule has 102 valence electrons. The largest absolute Gasteiger partial charge is 0.478 e. The van der Waals surface area contributed by atoms with Crippen LogP contribution in [0, 0.1) is 13.8 Å². The minimum Gasteiger partial charge on any atom is -0.478 e. The summed E-state index contributed by atoms with van der Waals surface area (Å²) in [6, 6.07) is 11.6. The van der Waals surface area contributed by atoms with E-state index in [-0.39, 0.29) is 11.5 Å². The summed E-state index contributed by atoms with van der Waals surface area (Å²) in [6.45, 7) is 3.90. The first-order chi connectivity index (χ1) is 9.49. The van der Waals surface area contributed by atoms with E-state index in [0.717, 1.165) is 16.8 Å². The zero-order chi connectivity index (χ0) is 14.7. The molecule has 2 N–H and O–H groups in total. The van der Waals surface area contributed by atoms with Crippen molar-refractivity contribution in [1.29, 1.82) is 0 Å². The summed E-state index contributed by atoms with van der Waals surface area (Å²) < 4.78 is 0. The van der Waals surface area contributed by atoms with Crippen molar-refractivity contribution in [3.05, 3.63) is 64.7 Å². The fourth-order valence-corrected chi connectivity index (χ4v) is 1.87. The summed E-state index contributed by atoms with van der Waals surface area (Å²) in [4.78, 5) is 23.0. The smallest absolute Gasteiger partial charge is 0.335 e. The lowest BCUT2D eigenvalue weighted by molar-refractivity contribution is 0.0697. The number of carboxylic acid groups (broad SMARTS) is 1. The highest BCUT2D eigenvalue weighted by Gasteiger charge is 2.11. The van der Waals surface area contributed by atoms with Gasteiger partial charge in [-0.3, -0.25) is 4.79 Å². The first-order valence-electron chi connectivity index (χ1n) is 6.20. The molecule has 0 spiro atoms. The number of nitrogens with one attached hydrogen (secondary N) is 1. The van der Waals surface area contributed by atoms with Crippen molar-refractivity contribution in [1.82, 2.24) is 0 Å². The predicted molar refractivity (Wildman–Crippen MR) is 77.3 cm³/mol. The lowest BCUT2D eigenvalue weighted by atomic mass is 10.1. The maximum absolute atomic E-state index is 12.1. The Hall–Kier alpha value is -2.62. The lowest BCUT2D eigenvalue weighted by Gasteiger charge is -2.10. The van der Waals surface area contributed by atoms with Gasteiger partial charge >= 0.3 is 5.97 Å². The Labute approximate surface area is 117 Å². The number of hydrogen-bond acceptors (Lipinski definition) is 2. The van der Waals surface area contributed by atoms with Crippen molar-refractivity contribution in [2.24, 2.45) is 0 Å². The van der Waals surface area contributed by atoms with Gasteiger partial charge in [0.15, 0.2) is 0 Å². The number of carbonyl (C=O) groups is 2. The van der Waals surface area contributed by atoms with Crippen molar-refractivity contribution in [3.63, 3.8) is 0 Å². The molecular formula is C16H15NO3. The highest BCUT2D eigenvalue weighted by molar-refractivity contribution is 6.05. The van der Waals surface area contributed by atoms with E-state index < -0.39 is 5.97 Å². The van der Waals surface area contributed by atoms with Gasteiger partial charge < -0.3 is 10.4 Å². The van der Waals surface area contributed by atoms with Crippen molar-refractivity contribution in [2.45, 2.75) is 13.8 Å². The van der Waals surface area contributed by atoms with Gasteiger partial charge in [-0.25, -0.2) is 4.79 Å². The van der Waals surface area contributed by atoms with Gasteiger partial charge in [0.25, 0.3) is 5.91 Å². The highest BCUT2D eigenvalue weighted by atomic mass is 16.4. The Balaban J connectivity index is 2.26. The minimum atomic E-state index is -1.05. The van der Waals surface area contributed by atoms with Crippen LogP contribution in [-0.2, 0) is 0 Å². The van der Waals surface area contributed by atoms with Gasteiger partial charge in [0, 0.05) is 11.3 Å². The van der Waals surface area contributed by atoms with E-state index in [1.807, 2.05) is 32.0 Å². The summed E-state index contributed by atoms with van der Waals surface area (Å²) >= 11 is 0. The van der Waals surface area contributed by atoms with Crippen LogP contribution < -0.4 is 5.32 Å². The third kappa shape index (κ3) is 2.85. The number of rotatable bonds is 3. The second-order valence-electron chi connectivity index (χ2n) is 4.59. The van der Waals surface area contributed by atoms with Crippen LogP contribution >= 0.6 is 0 Å². The van der Waals surface area contributed by atoms with E-state index >= 15 is 0 Å². The molecule has 4 nitrogen and oxygen atoms in total. The third-order valence-corrected chi connectivity index (χ3v) is 3.22. The van der Waals surface area contributed by atoms with Gasteiger partial charge in [-0.2, -0.15) is 0 Å². The molecule has 0 aliphatic heterocycles. The van der Waals surface area contributed by atoms with E-state index in [1.165, 1.54) is 12.1 Å². The van der Waals surface area contributed by atoms with Crippen LogP contribution in [0.3, 0.4) is 0 Å². The quantitative estimate of drug-likeness (QED) is 0.898. The number of aromatic carboxylic acids is 1. The van der Waals surface area contributed by atoms with Gasteiger partial charge in [0.2, 0.25) is 0 Å². The topological polar surface area (TPSA) is 66.4 Å². The first-order valence-corrected chi connectivity index (χ1v) is 6.20. The number of carboxylic acids is 1. The van der Waals surface area contributed by atoms with E-state index in [1.54, 1.807) is 12.1 Å². The van der Waals surface area contributed by atoms with Crippen LogP contribution in [0.25, 0.3) is 0 Å². The molecular weight excluding hydrogens is 254 g/mol. The third-order valence-electron chi connectivity index (χ3n) is 3.22. The predicted octanol–water partition coefficient (Wildman–Crippen LogP) is 3.25. The van der Waals surface area contributed by atoms with E-state index in [9.17, 15) is 9.59 Å². The van der Waals surface area contributed by atoms with E-state index in [4.69, 9.17) is 5.11 Å². The summed E-state index contributed by atoms with van der Waals surface area (Å²) in [7, 11) is 0. The molecule has 2 aromatic rings. The molecule has 2 rings (SSSR count). The molecule has 0 aromatic heterocycles. The zero-order valence-corrected chi connectivity index (χ0v) is 11.3. The minimum absolute atomic E-state index is 0.0959. The number of aryl methyl sites for hydroxylation is 1. The average molecular weight is 269 g/mol. The van der Waals surface area contributed by atoms with Crippen molar-refractivity contribution >= 4 is 17.6 Å². The Morgan fingerprint density at radius 3 is 2.35 bits per heavy atom. The van der Waals surface area contributed by atoms with Gasteiger partial charge in [-0.1, -0.05) is 18.2 Å². The van der Waals surface area contributed by atoms with Crippen molar-refractivity contribution < 1.29 is 14.7 Å². The summed E-state index contributed by atoms with van der Waals surface area (Å²) in [5.41, 5.74) is 3.23. The van der Waals surface area contributed by atoms with Crippen LogP contribution in [-0.4, -0.2) is 17.0 Å². The number of anilines is 1. The van der Waals surface area contributed by atoms with Crippen LogP contribution in [0.15, 0.2) is 42.5 Å². The maximum atomic E-state index is 12.1. The molecule has 0 saturated heterocycles. The monoisotopic (exact) mass is 269 g/mol. The van der Waals surface area contributed by atoms with Gasteiger partial charge in [0.1, 0.15) is 0 Å². The Morgan fingerprint density at radius 1 is 1.00 bits per heavy atom. The molecule has 1 amide bonds. The lowest BCUT2D eigenvalue weighted by Crippen LogP contribution is -2.13. The Kier molecular flexibility index (Phi) is 3.84. The molecule has 0 radical (unpaired) electrons. The number of hydrogen-bond donors (Lipinski definition) is 2. The molecule has 0 saturated carbocycles. The fraction of sp³-hybridized carbons (Fsp3) is 0.125. The maximum Gasteiger partial charge on any atom is 0.335 e. The van der Waals surface area contributed by atoms with Crippen molar-refractivity contribution in [2.75, 3.05) is 5.32 Å². The van der Waals surface area contributed by atoms with Gasteiger partial charge in [-0.15, -0.1) is 0 Å². The molecule has 0 atom stereocenters. The first kappa shape index (κ1) is 13.8. The Morgan fingerprint density at radius 2 is 1.65 bits per heavy atom. The van der Waals surface area contributed by atoms with Gasteiger partial charge in [-0.05, 0) is 49.2 Å². The fourth-order valence-electron chi connectivity index (χ4n) is 1.87. The van der Waals surface area contributed by atoms with Crippen molar-refractivity contribution in [3.8, 4) is 0 Å². The zero-order valence-electron chi connectivity index (χ0n) is 11.3. The molecule has 20 heavy (non-hydrogen) atoms. The van der Waals surface area contributed by atoms with E-state index in [2.05, 4.69) is 5.32 Å². The van der Waals surface area contributed by atoms with Crippen LogP contribution in [0.1, 0.15) is 31.8 Å².